The lowest BCUT2D eigenvalue weighted by molar-refractivity contribution is -0.158. The van der Waals surface area contributed by atoms with Gasteiger partial charge < -0.3 is 14.2 Å². The summed E-state index contributed by atoms with van der Waals surface area (Å²) >= 11 is 0. The number of ether oxygens (including phenoxy) is 3. The zero-order valence-electron chi connectivity index (χ0n) is 16.0. The fourth-order valence-corrected chi connectivity index (χ4v) is 2.36. The molecule has 140 valence electrons. The summed E-state index contributed by atoms with van der Waals surface area (Å²) in [4.78, 5) is 15.2. The van der Waals surface area contributed by atoms with Crippen LogP contribution in [0.4, 0.5) is 0 Å². The molecule has 0 saturated carbocycles. The lowest BCUT2D eigenvalue weighted by Crippen LogP contribution is -2.39. The molecule has 5 heteroatoms. The molecule has 0 aliphatic heterocycles. The number of nitrogens with zero attached hydrogens (tertiary/aromatic N) is 1. The molecule has 2 aromatic rings. The Kier molecular flexibility index (Phi) is 6.62. The summed E-state index contributed by atoms with van der Waals surface area (Å²) in [6.45, 7) is 14.1. The maximum Gasteiger partial charge on any atom is 0.349 e. The van der Waals surface area contributed by atoms with E-state index >= 15 is 0 Å². The van der Waals surface area contributed by atoms with Gasteiger partial charge in [-0.05, 0) is 69.2 Å². The minimum absolute atomic E-state index is 0.307. The maximum atomic E-state index is 12.0. The third kappa shape index (κ3) is 5.61. The van der Waals surface area contributed by atoms with Crippen LogP contribution in [0, 0.1) is 13.5 Å². The summed E-state index contributed by atoms with van der Waals surface area (Å²) in [5, 5.41) is 0. The fraction of sp³-hybridized carbons (Fsp3) is 0.273. The topological polar surface area (TPSA) is 49.1 Å². The van der Waals surface area contributed by atoms with Crippen LogP contribution in [0.25, 0.3) is 10.9 Å². The van der Waals surface area contributed by atoms with Crippen LogP contribution in [0.1, 0.15) is 31.9 Å². The van der Waals surface area contributed by atoms with Crippen molar-refractivity contribution in [2.75, 3.05) is 6.61 Å². The highest BCUT2D eigenvalue weighted by atomic mass is 16.6. The number of esters is 1. The van der Waals surface area contributed by atoms with Crippen molar-refractivity contribution in [2.24, 2.45) is 0 Å². The van der Waals surface area contributed by atoms with E-state index in [1.807, 2.05) is 37.3 Å². The van der Waals surface area contributed by atoms with Crippen molar-refractivity contribution in [1.29, 1.82) is 0 Å². The largest absolute Gasteiger partial charge is 0.476 e. The molecule has 0 heterocycles. The zero-order chi connectivity index (χ0) is 19.9. The van der Waals surface area contributed by atoms with Crippen molar-refractivity contribution in [3.63, 3.8) is 0 Å². The minimum atomic E-state index is -1.08. The predicted molar refractivity (Wildman–Crippen MR) is 105 cm³/mol. The van der Waals surface area contributed by atoms with E-state index in [2.05, 4.69) is 4.85 Å². The predicted octanol–water partition coefficient (Wildman–Crippen LogP) is 5.40. The van der Waals surface area contributed by atoms with Crippen molar-refractivity contribution in [2.45, 2.75) is 33.3 Å². The number of carbonyl (C=O) groups excluding carboxylic acids is 1. The van der Waals surface area contributed by atoms with Gasteiger partial charge in [-0.2, -0.15) is 0 Å². The van der Waals surface area contributed by atoms with E-state index in [4.69, 9.17) is 20.8 Å². The van der Waals surface area contributed by atoms with E-state index in [0.717, 1.165) is 11.1 Å². The van der Waals surface area contributed by atoms with Gasteiger partial charge in [-0.1, -0.05) is 18.2 Å². The number of hydrogen-bond acceptors (Lipinski definition) is 4. The molecule has 0 unspecified atom stereocenters. The molecule has 0 amide bonds. The van der Waals surface area contributed by atoms with Crippen molar-refractivity contribution >= 4 is 12.0 Å². The molecule has 2 aromatic carbocycles. The summed E-state index contributed by atoms with van der Waals surface area (Å²) in [6, 6.07) is 12.9. The van der Waals surface area contributed by atoms with Crippen LogP contribution >= 0.6 is 0 Å². The first-order chi connectivity index (χ1) is 12.9. The SMILES string of the molecule is [C-]#[N+]C=Cc1cccc(Oc2ccc(OC(C)(C)C(=O)OCC)c(C)c2)c1. The van der Waals surface area contributed by atoms with Crippen LogP contribution in [0.5, 0.6) is 17.2 Å². The molecule has 0 saturated heterocycles. The second-order valence-electron chi connectivity index (χ2n) is 6.38. The van der Waals surface area contributed by atoms with Crippen LogP contribution < -0.4 is 9.47 Å². The van der Waals surface area contributed by atoms with Gasteiger partial charge in [0.1, 0.15) is 17.2 Å². The van der Waals surface area contributed by atoms with E-state index in [-0.39, 0.29) is 0 Å². The second kappa shape index (κ2) is 8.91. The molecule has 27 heavy (non-hydrogen) atoms. The third-order valence-electron chi connectivity index (χ3n) is 3.71. The highest BCUT2D eigenvalue weighted by Gasteiger charge is 2.32. The first-order valence-electron chi connectivity index (χ1n) is 8.63. The Morgan fingerprint density at radius 1 is 1.19 bits per heavy atom. The number of rotatable bonds is 7. The molecule has 0 spiro atoms. The first kappa shape index (κ1) is 20.1. The summed E-state index contributed by atoms with van der Waals surface area (Å²) < 4.78 is 16.8. The summed E-state index contributed by atoms with van der Waals surface area (Å²) in [5.74, 6) is 1.50. The van der Waals surface area contributed by atoms with Gasteiger partial charge in [-0.25, -0.2) is 9.64 Å². The van der Waals surface area contributed by atoms with Gasteiger partial charge >= 0.3 is 5.97 Å². The number of aryl methyl sites for hydroxylation is 1. The Balaban J connectivity index is 2.14. The Bertz CT molecular complexity index is 878. The number of benzene rings is 2. The lowest BCUT2D eigenvalue weighted by Gasteiger charge is -2.25. The summed E-state index contributed by atoms with van der Waals surface area (Å²) in [5.41, 5.74) is 0.650. The average molecular weight is 365 g/mol. The second-order valence-corrected chi connectivity index (χ2v) is 6.38. The van der Waals surface area contributed by atoms with E-state index in [0.29, 0.717) is 23.9 Å². The van der Waals surface area contributed by atoms with E-state index in [1.54, 1.807) is 39.0 Å². The summed E-state index contributed by atoms with van der Waals surface area (Å²) in [6.07, 6.45) is 3.13. The van der Waals surface area contributed by atoms with Gasteiger partial charge in [0.2, 0.25) is 0 Å². The van der Waals surface area contributed by atoms with Crippen LogP contribution in [-0.4, -0.2) is 18.2 Å². The molecule has 2 rings (SSSR count). The fourth-order valence-electron chi connectivity index (χ4n) is 2.36. The highest BCUT2D eigenvalue weighted by Crippen LogP contribution is 2.30. The number of carbonyl (C=O) groups is 1. The molecule has 0 N–H and O–H groups in total. The minimum Gasteiger partial charge on any atom is -0.476 e. The van der Waals surface area contributed by atoms with Gasteiger partial charge in [-0.15, -0.1) is 0 Å². The maximum absolute atomic E-state index is 12.0. The highest BCUT2D eigenvalue weighted by molar-refractivity contribution is 5.79. The third-order valence-corrected chi connectivity index (χ3v) is 3.71. The van der Waals surface area contributed by atoms with Crippen LogP contribution in [0.3, 0.4) is 0 Å². The quantitative estimate of drug-likeness (QED) is 0.487. The van der Waals surface area contributed by atoms with Gasteiger partial charge in [0, 0.05) is 0 Å². The van der Waals surface area contributed by atoms with E-state index < -0.39 is 11.6 Å². The summed E-state index contributed by atoms with van der Waals surface area (Å²) in [7, 11) is 0. The monoisotopic (exact) mass is 365 g/mol. The molecule has 0 aromatic heterocycles. The van der Waals surface area contributed by atoms with Gasteiger partial charge in [-0.3, -0.25) is 0 Å². The van der Waals surface area contributed by atoms with Crippen LogP contribution in [0.2, 0.25) is 0 Å². The molecular weight excluding hydrogens is 342 g/mol. The molecule has 0 bridgehead atoms. The smallest absolute Gasteiger partial charge is 0.349 e. The van der Waals surface area contributed by atoms with Crippen molar-refractivity contribution in [1.82, 2.24) is 0 Å². The van der Waals surface area contributed by atoms with Crippen molar-refractivity contribution < 1.29 is 19.0 Å². The van der Waals surface area contributed by atoms with Crippen molar-refractivity contribution in [3.8, 4) is 17.2 Å². The normalized spacial score (nSPS) is 11.1. The first-order valence-corrected chi connectivity index (χ1v) is 8.63. The molecule has 0 atom stereocenters. The van der Waals surface area contributed by atoms with Gasteiger partial charge in [0.15, 0.2) is 11.8 Å². The Hall–Kier alpha value is -3.26. The Labute approximate surface area is 160 Å². The Morgan fingerprint density at radius 3 is 2.59 bits per heavy atom. The molecular formula is C22H23NO4. The Morgan fingerprint density at radius 2 is 1.93 bits per heavy atom. The average Bonchev–Trinajstić information content (AvgIpc) is 2.63. The standard InChI is InChI=1S/C22H23NO4/c1-6-25-21(24)22(3,4)27-20-11-10-19(14-16(20)2)26-18-9-7-8-17(15-18)12-13-23-5/h7-15H,6H2,1-4H3. The molecule has 0 radical (unpaired) electrons. The van der Waals surface area contributed by atoms with Crippen LogP contribution in [-0.2, 0) is 9.53 Å². The molecule has 0 aliphatic rings. The zero-order valence-corrected chi connectivity index (χ0v) is 16.0. The van der Waals surface area contributed by atoms with Gasteiger partial charge in [0.05, 0.1) is 13.2 Å². The van der Waals surface area contributed by atoms with E-state index in [9.17, 15) is 4.79 Å². The molecule has 0 fully saturated rings. The molecule has 5 nitrogen and oxygen atoms in total. The lowest BCUT2D eigenvalue weighted by atomic mass is 10.1. The molecule has 0 aliphatic carbocycles. The number of hydrogen-bond donors (Lipinski definition) is 0. The van der Waals surface area contributed by atoms with Crippen molar-refractivity contribution in [3.05, 3.63) is 71.2 Å². The van der Waals surface area contributed by atoms with Crippen LogP contribution in [0.15, 0.2) is 48.7 Å². The van der Waals surface area contributed by atoms with E-state index in [1.165, 1.54) is 6.20 Å². The van der Waals surface area contributed by atoms with Gasteiger partial charge in [0.25, 0.3) is 0 Å².